The molecule has 0 saturated heterocycles. The maximum atomic E-state index is 12.2. The van der Waals surface area contributed by atoms with Crippen LogP contribution in [0.3, 0.4) is 0 Å². The number of hydrogen-bond acceptors (Lipinski definition) is 5. The van der Waals surface area contributed by atoms with Crippen molar-refractivity contribution in [3.05, 3.63) is 59.2 Å². The van der Waals surface area contributed by atoms with Gasteiger partial charge in [0.15, 0.2) is 6.61 Å². The van der Waals surface area contributed by atoms with Crippen molar-refractivity contribution in [3.63, 3.8) is 0 Å². The fourth-order valence-corrected chi connectivity index (χ4v) is 2.54. The lowest BCUT2D eigenvalue weighted by atomic mass is 10.1. The highest BCUT2D eigenvalue weighted by Crippen LogP contribution is 2.19. The molecular weight excluding hydrogens is 360 g/mol. The summed E-state index contributed by atoms with van der Waals surface area (Å²) in [6.07, 6.45) is 0. The number of benzene rings is 2. The van der Waals surface area contributed by atoms with E-state index in [0.717, 1.165) is 16.8 Å². The predicted octanol–water partition coefficient (Wildman–Crippen LogP) is 2.57. The maximum absolute atomic E-state index is 12.2. The molecule has 0 fully saturated rings. The number of para-hydroxylation sites is 1. The quantitative estimate of drug-likeness (QED) is 0.742. The molecule has 2 amide bonds. The van der Waals surface area contributed by atoms with Crippen LogP contribution in [0.2, 0.25) is 0 Å². The van der Waals surface area contributed by atoms with E-state index in [2.05, 4.69) is 5.32 Å². The summed E-state index contributed by atoms with van der Waals surface area (Å²) in [6.45, 7) is 3.21. The number of aryl methyl sites for hydroxylation is 2. The minimum Gasteiger partial charge on any atom is -0.497 e. The van der Waals surface area contributed by atoms with Crippen LogP contribution in [0.1, 0.15) is 21.5 Å². The highest BCUT2D eigenvalue weighted by atomic mass is 16.5. The van der Waals surface area contributed by atoms with Crippen LogP contribution >= 0.6 is 0 Å². The summed E-state index contributed by atoms with van der Waals surface area (Å²) < 4.78 is 10.0. The maximum Gasteiger partial charge on any atom is 0.338 e. The number of likely N-dealkylation sites (N-methyl/N-ethyl adjacent to an activating group) is 1. The monoisotopic (exact) mass is 384 g/mol. The number of hydrogen-bond donors (Lipinski definition) is 1. The van der Waals surface area contributed by atoms with Gasteiger partial charge in [-0.3, -0.25) is 9.59 Å². The Morgan fingerprint density at radius 3 is 2.18 bits per heavy atom. The van der Waals surface area contributed by atoms with E-state index in [1.807, 2.05) is 32.0 Å². The highest BCUT2D eigenvalue weighted by molar-refractivity contribution is 5.96. The molecule has 1 N–H and O–H groups in total. The zero-order valence-electron chi connectivity index (χ0n) is 16.4. The Balaban J connectivity index is 1.84. The number of ether oxygens (including phenoxy) is 2. The largest absolute Gasteiger partial charge is 0.497 e. The minimum absolute atomic E-state index is 0.146. The SMILES string of the molecule is COc1ccc(C(=O)OCC(=O)N(C)CC(=O)Nc2c(C)cccc2C)cc1. The van der Waals surface area contributed by atoms with Crippen LogP contribution in [0.4, 0.5) is 5.69 Å². The van der Waals surface area contributed by atoms with Gasteiger partial charge in [0.1, 0.15) is 5.75 Å². The fourth-order valence-electron chi connectivity index (χ4n) is 2.54. The number of carbonyl (C=O) groups is 3. The van der Waals surface area contributed by atoms with Gasteiger partial charge >= 0.3 is 5.97 Å². The standard InChI is InChI=1S/C21H24N2O5/c1-14-6-5-7-15(2)20(14)22-18(24)12-23(3)19(25)13-28-21(26)16-8-10-17(27-4)11-9-16/h5-11H,12-13H2,1-4H3,(H,22,24). The number of esters is 1. The summed E-state index contributed by atoms with van der Waals surface area (Å²) in [6, 6.07) is 12.1. The molecule has 0 spiro atoms. The van der Waals surface area contributed by atoms with Crippen molar-refractivity contribution in [3.8, 4) is 5.75 Å². The van der Waals surface area contributed by atoms with Crippen LogP contribution < -0.4 is 10.1 Å². The zero-order valence-corrected chi connectivity index (χ0v) is 16.4. The van der Waals surface area contributed by atoms with E-state index in [-0.39, 0.29) is 12.5 Å². The Bertz CT molecular complexity index is 841. The number of nitrogens with zero attached hydrogens (tertiary/aromatic N) is 1. The highest BCUT2D eigenvalue weighted by Gasteiger charge is 2.17. The van der Waals surface area contributed by atoms with E-state index in [0.29, 0.717) is 11.3 Å². The molecule has 2 aromatic carbocycles. The summed E-state index contributed by atoms with van der Waals surface area (Å²) in [5, 5.41) is 2.81. The molecule has 0 aliphatic carbocycles. The third-order valence-electron chi connectivity index (χ3n) is 4.20. The van der Waals surface area contributed by atoms with Crippen molar-refractivity contribution in [2.45, 2.75) is 13.8 Å². The topological polar surface area (TPSA) is 84.9 Å². The number of anilines is 1. The average molecular weight is 384 g/mol. The van der Waals surface area contributed by atoms with Crippen molar-refractivity contribution in [1.82, 2.24) is 4.90 Å². The number of amides is 2. The van der Waals surface area contributed by atoms with E-state index in [1.54, 1.807) is 24.3 Å². The van der Waals surface area contributed by atoms with E-state index >= 15 is 0 Å². The molecule has 7 heteroatoms. The summed E-state index contributed by atoms with van der Waals surface area (Å²) in [7, 11) is 3.01. The van der Waals surface area contributed by atoms with Gasteiger partial charge in [0, 0.05) is 12.7 Å². The van der Waals surface area contributed by atoms with Crippen molar-refractivity contribution in [2.75, 3.05) is 32.6 Å². The van der Waals surface area contributed by atoms with Gasteiger partial charge in [-0.2, -0.15) is 0 Å². The van der Waals surface area contributed by atoms with Crippen LogP contribution in [0.25, 0.3) is 0 Å². The fraction of sp³-hybridized carbons (Fsp3) is 0.286. The van der Waals surface area contributed by atoms with Crippen LogP contribution in [0.15, 0.2) is 42.5 Å². The smallest absolute Gasteiger partial charge is 0.338 e. The Morgan fingerprint density at radius 1 is 1.00 bits per heavy atom. The van der Waals surface area contributed by atoms with Crippen molar-refractivity contribution in [1.29, 1.82) is 0 Å². The lowest BCUT2D eigenvalue weighted by molar-refractivity contribution is -0.136. The van der Waals surface area contributed by atoms with E-state index < -0.39 is 18.5 Å². The Hall–Kier alpha value is -3.35. The molecular formula is C21H24N2O5. The van der Waals surface area contributed by atoms with Gasteiger partial charge in [0.05, 0.1) is 19.2 Å². The summed E-state index contributed by atoms with van der Waals surface area (Å²) in [5.74, 6) is -0.806. The molecule has 28 heavy (non-hydrogen) atoms. The molecule has 0 aromatic heterocycles. The van der Waals surface area contributed by atoms with Gasteiger partial charge in [0.2, 0.25) is 5.91 Å². The summed E-state index contributed by atoms with van der Waals surface area (Å²) >= 11 is 0. The molecule has 0 heterocycles. The molecule has 2 aromatic rings. The second-order valence-electron chi connectivity index (χ2n) is 6.37. The Morgan fingerprint density at radius 2 is 1.61 bits per heavy atom. The Kier molecular flexibility index (Phi) is 7.14. The van der Waals surface area contributed by atoms with E-state index in [4.69, 9.17) is 9.47 Å². The van der Waals surface area contributed by atoms with Crippen LogP contribution in [-0.4, -0.2) is 50.0 Å². The minimum atomic E-state index is -0.621. The first-order valence-electron chi connectivity index (χ1n) is 8.73. The predicted molar refractivity (Wildman–Crippen MR) is 105 cm³/mol. The van der Waals surface area contributed by atoms with Gasteiger partial charge in [0.25, 0.3) is 5.91 Å². The second kappa shape index (κ2) is 9.55. The molecule has 0 saturated carbocycles. The first-order chi connectivity index (χ1) is 13.3. The van der Waals surface area contributed by atoms with Gasteiger partial charge in [-0.1, -0.05) is 18.2 Å². The lowest BCUT2D eigenvalue weighted by Crippen LogP contribution is -2.37. The third kappa shape index (κ3) is 5.57. The van der Waals surface area contributed by atoms with Crippen molar-refractivity contribution < 1.29 is 23.9 Å². The normalized spacial score (nSPS) is 10.1. The van der Waals surface area contributed by atoms with Gasteiger partial charge < -0.3 is 19.7 Å². The number of carbonyl (C=O) groups excluding carboxylic acids is 3. The molecule has 0 aliphatic heterocycles. The summed E-state index contributed by atoms with van der Waals surface area (Å²) in [4.78, 5) is 37.6. The summed E-state index contributed by atoms with van der Waals surface area (Å²) in [5.41, 5.74) is 2.93. The van der Waals surface area contributed by atoms with Crippen molar-refractivity contribution in [2.24, 2.45) is 0 Å². The van der Waals surface area contributed by atoms with Crippen LogP contribution in [-0.2, 0) is 14.3 Å². The van der Waals surface area contributed by atoms with Gasteiger partial charge in [-0.15, -0.1) is 0 Å². The van der Waals surface area contributed by atoms with E-state index in [1.165, 1.54) is 19.1 Å². The van der Waals surface area contributed by atoms with Crippen LogP contribution in [0, 0.1) is 13.8 Å². The molecule has 0 bridgehead atoms. The third-order valence-corrected chi connectivity index (χ3v) is 4.20. The number of nitrogens with one attached hydrogen (secondary N) is 1. The molecule has 2 rings (SSSR count). The molecule has 7 nitrogen and oxygen atoms in total. The van der Waals surface area contributed by atoms with Gasteiger partial charge in [-0.25, -0.2) is 4.79 Å². The van der Waals surface area contributed by atoms with Crippen LogP contribution in [0.5, 0.6) is 5.75 Å². The average Bonchev–Trinajstić information content (AvgIpc) is 2.68. The first-order valence-corrected chi connectivity index (χ1v) is 8.73. The van der Waals surface area contributed by atoms with Crippen molar-refractivity contribution >= 4 is 23.5 Å². The number of rotatable bonds is 7. The van der Waals surface area contributed by atoms with E-state index in [9.17, 15) is 14.4 Å². The Labute approximate surface area is 164 Å². The second-order valence-corrected chi connectivity index (χ2v) is 6.37. The molecule has 0 aliphatic rings. The lowest BCUT2D eigenvalue weighted by Gasteiger charge is -2.18. The molecule has 0 unspecified atom stereocenters. The first kappa shape index (κ1) is 21.0. The van der Waals surface area contributed by atoms with Gasteiger partial charge in [-0.05, 0) is 49.2 Å². The number of methoxy groups -OCH3 is 1. The molecule has 0 atom stereocenters. The zero-order chi connectivity index (χ0) is 20.7. The molecule has 0 radical (unpaired) electrons. The molecule has 148 valence electrons.